The van der Waals surface area contributed by atoms with Crippen LogP contribution >= 0.6 is 15.9 Å². The first kappa shape index (κ1) is 9.06. The summed E-state index contributed by atoms with van der Waals surface area (Å²) in [6, 6.07) is 7.02. The van der Waals surface area contributed by atoms with Gasteiger partial charge in [0.25, 0.3) is 0 Å². The van der Waals surface area contributed by atoms with E-state index in [0.717, 1.165) is 4.47 Å². The van der Waals surface area contributed by atoms with Gasteiger partial charge in [-0.3, -0.25) is 0 Å². The number of halogens is 1. The fourth-order valence-electron chi connectivity index (χ4n) is 0.661. The van der Waals surface area contributed by atoms with E-state index in [1.807, 2.05) is 0 Å². The van der Waals surface area contributed by atoms with Crippen molar-refractivity contribution in [3.63, 3.8) is 0 Å². The van der Waals surface area contributed by atoms with Gasteiger partial charge in [-0.05, 0) is 24.3 Å². The number of hydrogen-bond acceptors (Lipinski definition) is 2. The van der Waals surface area contributed by atoms with Crippen LogP contribution < -0.4 is 10.1 Å². The molecule has 0 aliphatic heterocycles. The Morgan fingerprint density at radius 3 is 2.50 bits per heavy atom. The summed E-state index contributed by atoms with van der Waals surface area (Å²) >= 11 is 3.27. The van der Waals surface area contributed by atoms with Gasteiger partial charge < -0.3 is 10.1 Å². The minimum Gasteiger partial charge on any atom is -0.410 e. The number of rotatable bonds is 1. The van der Waals surface area contributed by atoms with Crippen LogP contribution in [-0.4, -0.2) is 13.1 Å². The van der Waals surface area contributed by atoms with E-state index in [1.54, 1.807) is 24.3 Å². The normalized spacial score (nSPS) is 9.17. The predicted octanol–water partition coefficient (Wildman–Crippen LogP) is 2.17. The molecule has 0 saturated heterocycles. The lowest BCUT2D eigenvalue weighted by Crippen LogP contribution is -2.21. The molecule has 1 aromatic rings. The Kier molecular flexibility index (Phi) is 3.10. The van der Waals surface area contributed by atoms with Crippen LogP contribution in [-0.2, 0) is 0 Å². The van der Waals surface area contributed by atoms with Gasteiger partial charge in [0.2, 0.25) is 0 Å². The number of hydrogen-bond donors (Lipinski definition) is 1. The Labute approximate surface area is 78.9 Å². The lowest BCUT2D eigenvalue weighted by molar-refractivity contribution is 0.203. The van der Waals surface area contributed by atoms with E-state index in [-0.39, 0.29) is 0 Å². The molecule has 4 heteroatoms. The molecular weight excluding hydrogens is 222 g/mol. The molecule has 1 N–H and O–H groups in total. The van der Waals surface area contributed by atoms with Gasteiger partial charge >= 0.3 is 6.09 Å². The van der Waals surface area contributed by atoms with Crippen LogP contribution in [0, 0.1) is 0 Å². The smallest absolute Gasteiger partial charge is 0.410 e. The molecule has 0 aliphatic carbocycles. The zero-order valence-electron chi connectivity index (χ0n) is 6.50. The van der Waals surface area contributed by atoms with E-state index in [9.17, 15) is 4.79 Å². The standard InChI is InChI=1S/C8H8BrNO2/c1-10-8(11)12-7-4-2-6(9)3-5-7/h2-5H,1H3,(H,10,11). The third kappa shape index (κ3) is 2.54. The Balaban J connectivity index is 2.64. The van der Waals surface area contributed by atoms with Crippen LogP contribution in [0.1, 0.15) is 0 Å². The summed E-state index contributed by atoms with van der Waals surface area (Å²) in [4.78, 5) is 10.7. The molecule has 0 aromatic heterocycles. The van der Waals surface area contributed by atoms with Crippen LogP contribution in [0.2, 0.25) is 0 Å². The van der Waals surface area contributed by atoms with Crippen molar-refractivity contribution < 1.29 is 9.53 Å². The predicted molar refractivity (Wildman–Crippen MR) is 49.2 cm³/mol. The minimum atomic E-state index is -0.461. The van der Waals surface area contributed by atoms with Crippen LogP contribution in [0.3, 0.4) is 0 Å². The van der Waals surface area contributed by atoms with E-state index >= 15 is 0 Å². The molecule has 0 radical (unpaired) electrons. The van der Waals surface area contributed by atoms with Gasteiger partial charge in [-0.2, -0.15) is 0 Å². The van der Waals surface area contributed by atoms with Crippen LogP contribution in [0.5, 0.6) is 5.75 Å². The average molecular weight is 230 g/mol. The molecule has 0 atom stereocenters. The molecule has 1 amide bonds. The lowest BCUT2D eigenvalue weighted by Gasteiger charge is -2.01. The SMILES string of the molecule is CNC(=O)Oc1ccc(Br)cc1. The van der Waals surface area contributed by atoms with Crippen LogP contribution in [0.15, 0.2) is 28.7 Å². The topological polar surface area (TPSA) is 38.3 Å². The highest BCUT2D eigenvalue weighted by Gasteiger charge is 1.99. The number of nitrogens with one attached hydrogen (secondary N) is 1. The van der Waals surface area contributed by atoms with Crippen LogP contribution in [0.4, 0.5) is 4.79 Å². The van der Waals surface area contributed by atoms with Crippen molar-refractivity contribution in [3.8, 4) is 5.75 Å². The molecule has 0 spiro atoms. The van der Waals surface area contributed by atoms with E-state index in [4.69, 9.17) is 4.74 Å². The van der Waals surface area contributed by atoms with Crippen molar-refractivity contribution in [1.29, 1.82) is 0 Å². The largest absolute Gasteiger partial charge is 0.412 e. The summed E-state index contributed by atoms with van der Waals surface area (Å²) < 4.78 is 5.80. The fraction of sp³-hybridized carbons (Fsp3) is 0.125. The Hall–Kier alpha value is -1.03. The molecule has 1 rings (SSSR count). The molecule has 0 heterocycles. The third-order valence-electron chi connectivity index (χ3n) is 1.23. The van der Waals surface area contributed by atoms with Gasteiger partial charge in [-0.15, -0.1) is 0 Å². The third-order valence-corrected chi connectivity index (χ3v) is 1.76. The van der Waals surface area contributed by atoms with Gasteiger partial charge in [0.1, 0.15) is 5.75 Å². The second-order valence-corrected chi connectivity index (χ2v) is 3.01. The number of benzene rings is 1. The zero-order chi connectivity index (χ0) is 8.97. The fourth-order valence-corrected chi connectivity index (χ4v) is 0.925. The number of ether oxygens (including phenoxy) is 1. The van der Waals surface area contributed by atoms with E-state index in [1.165, 1.54) is 7.05 Å². The van der Waals surface area contributed by atoms with Gasteiger partial charge in [0, 0.05) is 11.5 Å². The number of carbonyl (C=O) groups is 1. The maximum absolute atomic E-state index is 10.7. The van der Waals surface area contributed by atoms with Crippen molar-refractivity contribution in [1.82, 2.24) is 5.32 Å². The van der Waals surface area contributed by atoms with Gasteiger partial charge in [-0.1, -0.05) is 15.9 Å². The second-order valence-electron chi connectivity index (χ2n) is 2.09. The maximum atomic E-state index is 10.7. The van der Waals surface area contributed by atoms with Crippen molar-refractivity contribution in [2.24, 2.45) is 0 Å². The van der Waals surface area contributed by atoms with Gasteiger partial charge in [0.15, 0.2) is 0 Å². The molecule has 0 unspecified atom stereocenters. The maximum Gasteiger partial charge on any atom is 0.412 e. The van der Waals surface area contributed by atoms with E-state index < -0.39 is 6.09 Å². The highest BCUT2D eigenvalue weighted by atomic mass is 79.9. The Morgan fingerprint density at radius 1 is 1.42 bits per heavy atom. The Bertz CT molecular complexity index is 271. The molecule has 3 nitrogen and oxygen atoms in total. The summed E-state index contributed by atoms with van der Waals surface area (Å²) in [5.74, 6) is 0.526. The highest BCUT2D eigenvalue weighted by Crippen LogP contribution is 2.15. The lowest BCUT2D eigenvalue weighted by atomic mass is 10.3. The van der Waals surface area contributed by atoms with E-state index in [2.05, 4.69) is 21.2 Å². The van der Waals surface area contributed by atoms with Crippen molar-refractivity contribution >= 4 is 22.0 Å². The first-order valence-corrected chi connectivity index (χ1v) is 4.17. The molecule has 0 fully saturated rings. The number of carbonyl (C=O) groups excluding carboxylic acids is 1. The summed E-state index contributed by atoms with van der Waals surface area (Å²) in [6.45, 7) is 0. The molecule has 64 valence electrons. The van der Waals surface area contributed by atoms with Gasteiger partial charge in [-0.25, -0.2) is 4.79 Å². The second kappa shape index (κ2) is 4.11. The monoisotopic (exact) mass is 229 g/mol. The first-order valence-electron chi connectivity index (χ1n) is 3.37. The van der Waals surface area contributed by atoms with Crippen molar-refractivity contribution in [3.05, 3.63) is 28.7 Å². The van der Waals surface area contributed by atoms with Gasteiger partial charge in [0.05, 0.1) is 0 Å². The Morgan fingerprint density at radius 2 is 2.00 bits per heavy atom. The summed E-state index contributed by atoms with van der Waals surface area (Å²) in [7, 11) is 1.52. The molecule has 12 heavy (non-hydrogen) atoms. The van der Waals surface area contributed by atoms with Crippen LogP contribution in [0.25, 0.3) is 0 Å². The minimum absolute atomic E-state index is 0.461. The number of amides is 1. The first-order chi connectivity index (χ1) is 5.72. The molecule has 0 bridgehead atoms. The summed E-state index contributed by atoms with van der Waals surface area (Å²) in [5.41, 5.74) is 0. The van der Waals surface area contributed by atoms with E-state index in [0.29, 0.717) is 5.75 Å². The quantitative estimate of drug-likeness (QED) is 0.802. The molecular formula is C8H8BrNO2. The molecule has 0 aliphatic rings. The summed E-state index contributed by atoms with van der Waals surface area (Å²) in [5, 5.41) is 2.36. The van der Waals surface area contributed by atoms with Crippen molar-refractivity contribution in [2.45, 2.75) is 0 Å². The molecule has 0 saturated carbocycles. The molecule has 1 aromatic carbocycles. The van der Waals surface area contributed by atoms with Crippen molar-refractivity contribution in [2.75, 3.05) is 7.05 Å². The highest BCUT2D eigenvalue weighted by molar-refractivity contribution is 9.10. The zero-order valence-corrected chi connectivity index (χ0v) is 8.09. The summed E-state index contributed by atoms with van der Waals surface area (Å²) in [6.07, 6.45) is -0.461. The average Bonchev–Trinajstić information content (AvgIpc) is 2.09.